The van der Waals surface area contributed by atoms with Crippen molar-refractivity contribution in [1.82, 2.24) is 0 Å². The Hall–Kier alpha value is -0.790. The summed E-state index contributed by atoms with van der Waals surface area (Å²) in [5, 5.41) is 0. The number of esters is 1. The topological polar surface area (TPSA) is 26.3 Å². The van der Waals surface area contributed by atoms with Crippen LogP contribution in [0, 0.1) is 23.7 Å². The zero-order valence-electron chi connectivity index (χ0n) is 10.8. The maximum atomic E-state index is 11.6. The van der Waals surface area contributed by atoms with E-state index in [0.29, 0.717) is 18.3 Å². The van der Waals surface area contributed by atoms with Gasteiger partial charge in [0.05, 0.1) is 0 Å². The minimum Gasteiger partial charge on any atom is -0.459 e. The molecule has 5 atom stereocenters. The van der Waals surface area contributed by atoms with Crippen molar-refractivity contribution in [3.8, 4) is 0 Å². The molecular weight excluding hydrogens is 212 g/mol. The van der Waals surface area contributed by atoms with Gasteiger partial charge in [-0.15, -0.1) is 0 Å². The number of allylic oxidation sites excluding steroid dienone is 2. The lowest BCUT2D eigenvalue weighted by molar-refractivity contribution is -0.172. The van der Waals surface area contributed by atoms with Crippen LogP contribution >= 0.6 is 0 Å². The maximum Gasteiger partial charge on any atom is 0.306 e. The third-order valence-electron chi connectivity index (χ3n) is 5.17. The van der Waals surface area contributed by atoms with Crippen LogP contribution in [0.5, 0.6) is 0 Å². The molecule has 0 saturated heterocycles. The molecule has 0 aromatic rings. The van der Waals surface area contributed by atoms with E-state index >= 15 is 0 Å². The Balaban J connectivity index is 1.84. The van der Waals surface area contributed by atoms with Crippen LogP contribution in [0.15, 0.2) is 12.2 Å². The molecule has 0 N–H and O–H groups in total. The van der Waals surface area contributed by atoms with Crippen LogP contribution in [0.25, 0.3) is 0 Å². The van der Waals surface area contributed by atoms with Crippen molar-refractivity contribution >= 4 is 5.97 Å². The molecule has 0 spiro atoms. The van der Waals surface area contributed by atoms with Crippen molar-refractivity contribution in [3.63, 3.8) is 0 Å². The highest BCUT2D eigenvalue weighted by molar-refractivity contribution is 5.69. The van der Waals surface area contributed by atoms with Gasteiger partial charge in [0.1, 0.15) is 5.60 Å². The molecule has 0 aromatic carbocycles. The quantitative estimate of drug-likeness (QED) is 0.541. The van der Waals surface area contributed by atoms with Crippen LogP contribution in [0.1, 0.15) is 46.0 Å². The summed E-state index contributed by atoms with van der Waals surface area (Å²) in [6.07, 6.45) is 10.2. The lowest BCUT2D eigenvalue weighted by atomic mass is 9.65. The molecule has 3 rings (SSSR count). The van der Waals surface area contributed by atoms with E-state index in [9.17, 15) is 4.79 Å². The Kier molecular flexibility index (Phi) is 2.57. The summed E-state index contributed by atoms with van der Waals surface area (Å²) in [7, 11) is 0. The summed E-state index contributed by atoms with van der Waals surface area (Å²) in [4.78, 5) is 11.6. The molecule has 2 saturated carbocycles. The largest absolute Gasteiger partial charge is 0.459 e. The van der Waals surface area contributed by atoms with E-state index in [4.69, 9.17) is 4.74 Å². The lowest BCUT2D eigenvalue weighted by Gasteiger charge is -2.46. The molecule has 2 heteroatoms. The first-order valence-electron chi connectivity index (χ1n) is 7.04. The third-order valence-corrected chi connectivity index (χ3v) is 5.17. The Bertz CT molecular complexity index is 360. The number of hydrogen-bond acceptors (Lipinski definition) is 2. The van der Waals surface area contributed by atoms with Gasteiger partial charge < -0.3 is 4.74 Å². The van der Waals surface area contributed by atoms with Gasteiger partial charge in [0, 0.05) is 12.3 Å². The summed E-state index contributed by atoms with van der Waals surface area (Å²) >= 11 is 0. The molecule has 2 fully saturated rings. The van der Waals surface area contributed by atoms with E-state index in [0.717, 1.165) is 18.3 Å². The Morgan fingerprint density at radius 3 is 2.94 bits per heavy atom. The summed E-state index contributed by atoms with van der Waals surface area (Å²) in [5.41, 5.74) is -0.194. The van der Waals surface area contributed by atoms with E-state index in [1.807, 2.05) is 6.92 Å². The fraction of sp³-hybridized carbons (Fsp3) is 0.800. The molecule has 0 amide bonds. The summed E-state index contributed by atoms with van der Waals surface area (Å²) in [6, 6.07) is 0. The number of hydrogen-bond donors (Lipinski definition) is 0. The monoisotopic (exact) mass is 234 g/mol. The van der Waals surface area contributed by atoms with Gasteiger partial charge in [0.25, 0.3) is 0 Å². The van der Waals surface area contributed by atoms with Gasteiger partial charge in [-0.1, -0.05) is 19.1 Å². The second kappa shape index (κ2) is 3.86. The predicted molar refractivity (Wildman–Crippen MR) is 66.4 cm³/mol. The molecule has 94 valence electrons. The fourth-order valence-electron chi connectivity index (χ4n) is 4.53. The second-order valence-electron chi connectivity index (χ2n) is 6.17. The highest BCUT2D eigenvalue weighted by atomic mass is 16.6. The van der Waals surface area contributed by atoms with E-state index < -0.39 is 0 Å². The zero-order valence-corrected chi connectivity index (χ0v) is 10.8. The number of rotatable bonds is 2. The first-order valence-corrected chi connectivity index (χ1v) is 7.04. The van der Waals surface area contributed by atoms with Crippen LogP contribution in [0.3, 0.4) is 0 Å². The summed E-state index contributed by atoms with van der Waals surface area (Å²) in [5.74, 6) is 2.76. The molecule has 3 aliphatic carbocycles. The molecule has 0 aromatic heterocycles. The number of fused-ring (bicyclic) bond motifs is 5. The average molecular weight is 234 g/mol. The third kappa shape index (κ3) is 1.64. The molecule has 2 nitrogen and oxygen atoms in total. The number of ether oxygens (including phenoxy) is 1. The van der Waals surface area contributed by atoms with Crippen LogP contribution < -0.4 is 0 Å². The van der Waals surface area contributed by atoms with Crippen molar-refractivity contribution in [2.45, 2.75) is 51.6 Å². The molecule has 17 heavy (non-hydrogen) atoms. The fourth-order valence-corrected chi connectivity index (χ4v) is 4.53. The first kappa shape index (κ1) is 11.3. The second-order valence-corrected chi connectivity index (χ2v) is 6.17. The average Bonchev–Trinajstić information content (AvgIpc) is 2.90. The minimum absolute atomic E-state index is 0.0279. The van der Waals surface area contributed by atoms with Crippen LogP contribution in [-0.2, 0) is 9.53 Å². The summed E-state index contributed by atoms with van der Waals surface area (Å²) < 4.78 is 5.82. The predicted octanol–water partition coefficient (Wildman–Crippen LogP) is 3.32. The van der Waals surface area contributed by atoms with Crippen LogP contribution in [-0.4, -0.2) is 11.6 Å². The maximum absolute atomic E-state index is 11.6. The van der Waals surface area contributed by atoms with Gasteiger partial charge in [0.2, 0.25) is 0 Å². The molecule has 0 aliphatic heterocycles. The first-order chi connectivity index (χ1) is 8.14. The van der Waals surface area contributed by atoms with Gasteiger partial charge >= 0.3 is 5.97 Å². The van der Waals surface area contributed by atoms with E-state index in [-0.39, 0.29) is 11.6 Å². The highest BCUT2D eigenvalue weighted by Gasteiger charge is 2.55. The van der Waals surface area contributed by atoms with Crippen molar-refractivity contribution in [2.75, 3.05) is 0 Å². The minimum atomic E-state index is -0.194. The van der Waals surface area contributed by atoms with Gasteiger partial charge in [-0.05, 0) is 50.4 Å². The van der Waals surface area contributed by atoms with Crippen molar-refractivity contribution in [1.29, 1.82) is 0 Å². The van der Waals surface area contributed by atoms with E-state index in [1.54, 1.807) is 0 Å². The molecule has 0 heterocycles. The Morgan fingerprint density at radius 1 is 1.41 bits per heavy atom. The summed E-state index contributed by atoms with van der Waals surface area (Å²) in [6.45, 7) is 4.05. The van der Waals surface area contributed by atoms with Crippen molar-refractivity contribution in [3.05, 3.63) is 12.2 Å². The zero-order chi connectivity index (χ0) is 12.0. The standard InChI is InChI=1S/C15H22O2/c1-3-13(16)17-15(2)8-4-5-12-10-6-7-11(9-10)14(12)15/h6-7,10-12,14H,3-5,8-9H2,1-2H3. The molecule has 3 aliphatic rings. The normalized spacial score (nSPS) is 46.9. The van der Waals surface area contributed by atoms with Crippen molar-refractivity contribution in [2.24, 2.45) is 23.7 Å². The Morgan fingerprint density at radius 2 is 2.18 bits per heavy atom. The van der Waals surface area contributed by atoms with Gasteiger partial charge in [0.15, 0.2) is 0 Å². The van der Waals surface area contributed by atoms with Crippen LogP contribution in [0.2, 0.25) is 0 Å². The number of carbonyl (C=O) groups is 1. The SMILES string of the molecule is CCC(=O)OC1(C)CCCC2C3C=CC(C3)C21. The van der Waals surface area contributed by atoms with Gasteiger partial charge in [-0.2, -0.15) is 0 Å². The van der Waals surface area contributed by atoms with Gasteiger partial charge in [-0.3, -0.25) is 4.79 Å². The van der Waals surface area contributed by atoms with E-state index in [1.165, 1.54) is 19.3 Å². The molecule has 0 radical (unpaired) electrons. The molecule has 5 unspecified atom stereocenters. The van der Waals surface area contributed by atoms with E-state index in [2.05, 4.69) is 19.1 Å². The van der Waals surface area contributed by atoms with Crippen molar-refractivity contribution < 1.29 is 9.53 Å². The lowest BCUT2D eigenvalue weighted by Crippen LogP contribution is -2.47. The highest BCUT2D eigenvalue weighted by Crippen LogP contribution is 2.58. The van der Waals surface area contributed by atoms with Crippen LogP contribution in [0.4, 0.5) is 0 Å². The number of carbonyl (C=O) groups excluding carboxylic acids is 1. The Labute approximate surface area is 103 Å². The smallest absolute Gasteiger partial charge is 0.306 e. The molecule has 2 bridgehead atoms. The molecular formula is C15H22O2. The van der Waals surface area contributed by atoms with Gasteiger partial charge in [-0.25, -0.2) is 0 Å².